The highest BCUT2D eigenvalue weighted by molar-refractivity contribution is 8.00. The average molecular weight is 516 g/mol. The van der Waals surface area contributed by atoms with Gasteiger partial charge in [0, 0.05) is 44.4 Å². The second kappa shape index (κ2) is 9.72. The van der Waals surface area contributed by atoms with E-state index in [1.54, 1.807) is 22.9 Å². The molecule has 8 nitrogen and oxygen atoms in total. The SMILES string of the molecule is CCC(=O)N1CCN(C2Sc3nccc4c3C2NC(=O)N4c2ccc(Oc3ccccc3)cc2C)CC1. The van der Waals surface area contributed by atoms with E-state index in [0.29, 0.717) is 19.5 Å². The van der Waals surface area contributed by atoms with Crippen LogP contribution in [-0.2, 0) is 4.79 Å². The first-order chi connectivity index (χ1) is 18.0. The van der Waals surface area contributed by atoms with E-state index >= 15 is 0 Å². The van der Waals surface area contributed by atoms with Crippen molar-refractivity contribution >= 4 is 35.1 Å². The number of nitrogens with one attached hydrogen (secondary N) is 1. The molecular weight excluding hydrogens is 486 g/mol. The fraction of sp³-hybridized carbons (Fsp3) is 0.321. The van der Waals surface area contributed by atoms with Crippen LogP contribution in [0.1, 0.15) is 30.5 Å². The van der Waals surface area contributed by atoms with Crippen molar-refractivity contribution in [2.24, 2.45) is 0 Å². The van der Waals surface area contributed by atoms with Gasteiger partial charge in [0.05, 0.1) is 22.8 Å². The first-order valence-corrected chi connectivity index (χ1v) is 13.5. The van der Waals surface area contributed by atoms with Crippen LogP contribution in [0.15, 0.2) is 65.8 Å². The quantitative estimate of drug-likeness (QED) is 0.511. The number of hydrogen-bond acceptors (Lipinski definition) is 6. The van der Waals surface area contributed by atoms with Crippen LogP contribution in [0.25, 0.3) is 0 Å². The standard InChI is InChI=1S/C28H29N5O3S/c1-3-23(34)31-13-15-32(16-14-31)27-25-24-22(11-12-29-26(24)37-27)33(28(35)30-25)21-10-9-20(17-18(21)2)36-19-7-5-4-6-8-19/h4-12,17,25,27H,3,13-16H2,1-2H3,(H,30,35). The molecule has 2 aromatic carbocycles. The van der Waals surface area contributed by atoms with Crippen LogP contribution in [0.2, 0.25) is 0 Å². The third kappa shape index (κ3) is 4.32. The number of thioether (sulfide) groups is 1. The summed E-state index contributed by atoms with van der Waals surface area (Å²) in [6, 6.07) is 17.1. The molecule has 4 heterocycles. The molecule has 2 unspecified atom stereocenters. The lowest BCUT2D eigenvalue weighted by molar-refractivity contribution is -0.132. The first kappa shape index (κ1) is 23.8. The molecule has 3 aliphatic heterocycles. The molecule has 0 bridgehead atoms. The third-order valence-electron chi connectivity index (χ3n) is 7.20. The van der Waals surface area contributed by atoms with E-state index in [2.05, 4.69) is 15.2 Å². The van der Waals surface area contributed by atoms with Crippen molar-refractivity contribution < 1.29 is 14.3 Å². The fourth-order valence-corrected chi connectivity index (χ4v) is 6.75. The van der Waals surface area contributed by atoms with Crippen LogP contribution in [-0.4, -0.2) is 58.3 Å². The van der Waals surface area contributed by atoms with Gasteiger partial charge < -0.3 is 15.0 Å². The second-order valence-electron chi connectivity index (χ2n) is 9.45. The number of benzene rings is 2. The summed E-state index contributed by atoms with van der Waals surface area (Å²) in [5, 5.41) is 4.27. The van der Waals surface area contributed by atoms with E-state index in [4.69, 9.17) is 4.74 Å². The maximum absolute atomic E-state index is 13.6. The first-order valence-electron chi connectivity index (χ1n) is 12.6. The van der Waals surface area contributed by atoms with Gasteiger partial charge in [0.25, 0.3) is 0 Å². The van der Waals surface area contributed by atoms with Crippen molar-refractivity contribution in [3.63, 3.8) is 0 Å². The number of amides is 3. The molecule has 190 valence electrons. The van der Waals surface area contributed by atoms with Crippen LogP contribution in [0.3, 0.4) is 0 Å². The number of urea groups is 1. The van der Waals surface area contributed by atoms with Gasteiger partial charge in [-0.1, -0.05) is 36.9 Å². The molecule has 3 amide bonds. The Bertz CT molecular complexity index is 1340. The summed E-state index contributed by atoms with van der Waals surface area (Å²) < 4.78 is 5.99. The van der Waals surface area contributed by atoms with Crippen LogP contribution >= 0.6 is 11.8 Å². The molecule has 9 heteroatoms. The number of rotatable bonds is 5. The van der Waals surface area contributed by atoms with Gasteiger partial charge in [0.1, 0.15) is 16.5 Å². The molecule has 6 rings (SSSR count). The number of piperazine rings is 1. The fourth-order valence-electron chi connectivity index (χ4n) is 5.34. The Morgan fingerprint density at radius 2 is 1.84 bits per heavy atom. The number of hydrogen-bond donors (Lipinski definition) is 1. The Hall–Kier alpha value is -3.56. The van der Waals surface area contributed by atoms with Crippen molar-refractivity contribution in [3.8, 4) is 11.5 Å². The van der Waals surface area contributed by atoms with Crippen LogP contribution in [0, 0.1) is 6.92 Å². The van der Waals surface area contributed by atoms with Gasteiger partial charge in [-0.25, -0.2) is 9.78 Å². The van der Waals surface area contributed by atoms with Gasteiger partial charge in [-0.3, -0.25) is 14.6 Å². The highest BCUT2D eigenvalue weighted by atomic mass is 32.2. The molecule has 1 saturated heterocycles. The minimum Gasteiger partial charge on any atom is -0.457 e. The van der Waals surface area contributed by atoms with Crippen molar-refractivity contribution in [2.75, 3.05) is 31.1 Å². The minimum atomic E-state index is -0.151. The Morgan fingerprint density at radius 3 is 2.57 bits per heavy atom. The zero-order valence-electron chi connectivity index (χ0n) is 20.9. The topological polar surface area (TPSA) is 78.0 Å². The summed E-state index contributed by atoms with van der Waals surface area (Å²) in [7, 11) is 0. The van der Waals surface area contributed by atoms with E-state index in [1.165, 1.54) is 0 Å². The molecule has 2 atom stereocenters. The molecular formula is C28H29N5O3S. The second-order valence-corrected chi connectivity index (χ2v) is 10.6. The maximum atomic E-state index is 13.6. The van der Waals surface area contributed by atoms with Crippen LogP contribution in [0.5, 0.6) is 11.5 Å². The molecule has 0 radical (unpaired) electrons. The molecule has 37 heavy (non-hydrogen) atoms. The predicted molar refractivity (Wildman–Crippen MR) is 143 cm³/mol. The van der Waals surface area contributed by atoms with Gasteiger partial charge in [-0.15, -0.1) is 0 Å². The number of aryl methyl sites for hydroxylation is 1. The monoisotopic (exact) mass is 515 g/mol. The summed E-state index contributed by atoms with van der Waals surface area (Å²) in [6.07, 6.45) is 2.32. The Labute approximate surface area is 220 Å². The summed E-state index contributed by atoms with van der Waals surface area (Å²) >= 11 is 1.70. The van der Waals surface area contributed by atoms with Crippen molar-refractivity contribution in [1.29, 1.82) is 0 Å². The molecule has 0 aliphatic carbocycles. The number of para-hydroxylation sites is 1. The molecule has 0 saturated carbocycles. The summed E-state index contributed by atoms with van der Waals surface area (Å²) in [4.78, 5) is 36.4. The average Bonchev–Trinajstić information content (AvgIpc) is 3.29. The Balaban J connectivity index is 1.26. The minimum absolute atomic E-state index is 0.0522. The van der Waals surface area contributed by atoms with Gasteiger partial charge in [0.15, 0.2) is 0 Å². The summed E-state index contributed by atoms with van der Waals surface area (Å²) in [5.41, 5.74) is 3.68. The number of carbonyl (C=O) groups is 2. The largest absolute Gasteiger partial charge is 0.457 e. The third-order valence-corrected chi connectivity index (χ3v) is 8.56. The zero-order chi connectivity index (χ0) is 25.5. The summed E-state index contributed by atoms with van der Waals surface area (Å²) in [5.74, 6) is 1.69. The number of pyridine rings is 1. The molecule has 1 aromatic heterocycles. The van der Waals surface area contributed by atoms with E-state index in [9.17, 15) is 9.59 Å². The van der Waals surface area contributed by atoms with E-state index in [1.807, 2.05) is 73.3 Å². The normalized spacial score (nSPS) is 21.0. The van der Waals surface area contributed by atoms with Gasteiger partial charge in [-0.2, -0.15) is 0 Å². The molecule has 1 N–H and O–H groups in total. The Kier molecular flexibility index (Phi) is 6.26. The number of ether oxygens (including phenoxy) is 1. The van der Waals surface area contributed by atoms with Gasteiger partial charge in [0.2, 0.25) is 5.91 Å². The summed E-state index contributed by atoms with van der Waals surface area (Å²) in [6.45, 7) is 6.88. The highest BCUT2D eigenvalue weighted by Gasteiger charge is 2.46. The van der Waals surface area contributed by atoms with Crippen molar-refractivity contribution in [3.05, 3.63) is 71.9 Å². The smallest absolute Gasteiger partial charge is 0.327 e. The van der Waals surface area contributed by atoms with Gasteiger partial charge in [-0.05, 0) is 48.9 Å². The highest BCUT2D eigenvalue weighted by Crippen LogP contribution is 2.52. The molecule has 0 spiro atoms. The number of aromatic nitrogens is 1. The maximum Gasteiger partial charge on any atom is 0.327 e. The molecule has 3 aromatic rings. The lowest BCUT2D eigenvalue weighted by Gasteiger charge is -2.41. The molecule has 1 fully saturated rings. The number of anilines is 2. The van der Waals surface area contributed by atoms with Gasteiger partial charge >= 0.3 is 6.03 Å². The number of nitrogens with zero attached hydrogens (tertiary/aromatic N) is 4. The lowest BCUT2D eigenvalue weighted by atomic mass is 10.0. The van der Waals surface area contributed by atoms with E-state index in [-0.39, 0.29) is 23.4 Å². The predicted octanol–water partition coefficient (Wildman–Crippen LogP) is 5.07. The van der Waals surface area contributed by atoms with Crippen molar-refractivity contribution in [1.82, 2.24) is 20.1 Å². The van der Waals surface area contributed by atoms with Crippen molar-refractivity contribution in [2.45, 2.75) is 36.7 Å². The zero-order valence-corrected chi connectivity index (χ0v) is 21.7. The Morgan fingerprint density at radius 1 is 1.05 bits per heavy atom. The van der Waals surface area contributed by atoms with Crippen LogP contribution in [0.4, 0.5) is 16.2 Å². The van der Waals surface area contributed by atoms with E-state index in [0.717, 1.165) is 52.1 Å². The lowest BCUT2D eigenvalue weighted by Crippen LogP contribution is -2.55. The number of carbonyl (C=O) groups excluding carboxylic acids is 2. The van der Waals surface area contributed by atoms with E-state index < -0.39 is 0 Å². The van der Waals surface area contributed by atoms with Crippen LogP contribution < -0.4 is 15.0 Å². The molecule has 3 aliphatic rings.